The molecule has 0 saturated carbocycles. The summed E-state index contributed by atoms with van der Waals surface area (Å²) in [6, 6.07) is 7.49. The van der Waals surface area contributed by atoms with Crippen molar-refractivity contribution in [1.82, 2.24) is 9.88 Å². The van der Waals surface area contributed by atoms with Crippen LogP contribution in [0.5, 0.6) is 0 Å². The second-order valence-corrected chi connectivity index (χ2v) is 6.19. The third kappa shape index (κ3) is 4.31. The number of ether oxygens (including phenoxy) is 1. The molecule has 0 N–H and O–H groups in total. The lowest BCUT2D eigenvalue weighted by atomic mass is 9.96. The zero-order valence-corrected chi connectivity index (χ0v) is 13.8. The molecule has 2 heterocycles. The van der Waals surface area contributed by atoms with Crippen molar-refractivity contribution in [1.29, 1.82) is 0 Å². The number of oxazole rings is 1. The molecular formula is C17H19F3N2O3. The van der Waals surface area contributed by atoms with Crippen molar-refractivity contribution in [3.8, 4) is 0 Å². The number of carbonyl (C=O) groups is 1. The van der Waals surface area contributed by atoms with E-state index in [9.17, 15) is 18.0 Å². The smallest absolute Gasteiger partial charge is 0.411 e. The molecule has 1 aliphatic rings. The first kappa shape index (κ1) is 17.7. The lowest BCUT2D eigenvalue weighted by Crippen LogP contribution is -2.44. The average Bonchev–Trinajstić information content (AvgIpc) is 3.02. The molecular weight excluding hydrogens is 337 g/mol. The van der Waals surface area contributed by atoms with Gasteiger partial charge in [-0.05, 0) is 31.9 Å². The molecule has 0 unspecified atom stereocenters. The Labute approximate surface area is 142 Å². The van der Waals surface area contributed by atoms with Gasteiger partial charge in [0.25, 0.3) is 5.91 Å². The van der Waals surface area contributed by atoms with Crippen LogP contribution in [-0.4, -0.2) is 47.8 Å². The fraction of sp³-hybridized carbons (Fsp3) is 0.529. The van der Waals surface area contributed by atoms with Gasteiger partial charge in [-0.25, -0.2) is 4.98 Å². The Morgan fingerprint density at radius 1 is 1.36 bits per heavy atom. The summed E-state index contributed by atoms with van der Waals surface area (Å²) in [6.07, 6.45) is -4.23. The minimum absolute atomic E-state index is 0.0999. The van der Waals surface area contributed by atoms with Crippen LogP contribution in [0, 0.1) is 0 Å². The number of carbonyl (C=O) groups excluding carboxylic acids is 1. The maximum atomic E-state index is 12.2. The summed E-state index contributed by atoms with van der Waals surface area (Å²) in [4.78, 5) is 18.2. The highest BCUT2D eigenvalue weighted by Crippen LogP contribution is 2.30. The third-order valence-electron chi connectivity index (χ3n) is 4.31. The summed E-state index contributed by atoms with van der Waals surface area (Å²) < 4.78 is 46.9. The molecule has 0 radical (unpaired) electrons. The monoisotopic (exact) mass is 356 g/mol. The van der Waals surface area contributed by atoms with Gasteiger partial charge in [-0.15, -0.1) is 0 Å². The SMILES string of the molecule is C[C@@H](OCC(F)(F)F)C(=O)N1CCC(c2nc3ccccc3o2)CC1. The molecule has 1 atom stereocenters. The lowest BCUT2D eigenvalue weighted by molar-refractivity contribution is -0.188. The number of amides is 1. The molecule has 2 aromatic rings. The number of hydrogen-bond acceptors (Lipinski definition) is 4. The second kappa shape index (κ2) is 7.03. The lowest BCUT2D eigenvalue weighted by Gasteiger charge is -2.32. The van der Waals surface area contributed by atoms with Crippen LogP contribution in [0.2, 0.25) is 0 Å². The molecule has 3 rings (SSSR count). The van der Waals surface area contributed by atoms with Crippen molar-refractivity contribution in [3.05, 3.63) is 30.2 Å². The van der Waals surface area contributed by atoms with E-state index in [0.29, 0.717) is 31.8 Å². The van der Waals surface area contributed by atoms with Crippen LogP contribution in [0.3, 0.4) is 0 Å². The molecule has 0 aliphatic carbocycles. The highest BCUT2D eigenvalue weighted by Gasteiger charge is 2.33. The van der Waals surface area contributed by atoms with E-state index < -0.39 is 24.8 Å². The van der Waals surface area contributed by atoms with E-state index >= 15 is 0 Å². The van der Waals surface area contributed by atoms with Gasteiger partial charge < -0.3 is 14.1 Å². The van der Waals surface area contributed by atoms with E-state index in [0.717, 1.165) is 11.1 Å². The maximum Gasteiger partial charge on any atom is 0.411 e. The van der Waals surface area contributed by atoms with Crippen molar-refractivity contribution in [2.45, 2.75) is 38.0 Å². The summed E-state index contributed by atoms with van der Waals surface area (Å²) in [5.41, 5.74) is 1.52. The van der Waals surface area contributed by atoms with Gasteiger partial charge in [0.1, 0.15) is 18.2 Å². The summed E-state index contributed by atoms with van der Waals surface area (Å²) in [6.45, 7) is 0.824. The number of para-hydroxylation sites is 2. The molecule has 1 amide bonds. The van der Waals surface area contributed by atoms with Crippen LogP contribution in [0.25, 0.3) is 11.1 Å². The van der Waals surface area contributed by atoms with Crippen LogP contribution in [0.15, 0.2) is 28.7 Å². The largest absolute Gasteiger partial charge is 0.440 e. The van der Waals surface area contributed by atoms with Crippen molar-refractivity contribution < 1.29 is 27.1 Å². The molecule has 0 bridgehead atoms. The number of alkyl halides is 3. The molecule has 1 aliphatic heterocycles. The zero-order valence-electron chi connectivity index (χ0n) is 13.8. The highest BCUT2D eigenvalue weighted by atomic mass is 19.4. The highest BCUT2D eigenvalue weighted by molar-refractivity contribution is 5.80. The minimum atomic E-state index is -4.44. The molecule has 1 saturated heterocycles. The number of nitrogens with zero attached hydrogens (tertiary/aromatic N) is 2. The van der Waals surface area contributed by atoms with E-state index in [-0.39, 0.29) is 5.92 Å². The first-order valence-electron chi connectivity index (χ1n) is 8.16. The number of benzene rings is 1. The van der Waals surface area contributed by atoms with Gasteiger partial charge in [0.05, 0.1) is 0 Å². The first-order valence-corrected chi connectivity index (χ1v) is 8.16. The Kier molecular flexibility index (Phi) is 4.99. The van der Waals surface area contributed by atoms with Gasteiger partial charge in [0, 0.05) is 19.0 Å². The minimum Gasteiger partial charge on any atom is -0.440 e. The molecule has 25 heavy (non-hydrogen) atoms. The first-order chi connectivity index (χ1) is 11.8. The normalized spacial score (nSPS) is 17.8. The maximum absolute atomic E-state index is 12.2. The number of piperidine rings is 1. The molecule has 1 aromatic carbocycles. The zero-order chi connectivity index (χ0) is 18.0. The second-order valence-electron chi connectivity index (χ2n) is 6.19. The fourth-order valence-electron chi connectivity index (χ4n) is 2.96. The number of likely N-dealkylation sites (tertiary alicyclic amines) is 1. The predicted molar refractivity (Wildman–Crippen MR) is 84.0 cm³/mol. The van der Waals surface area contributed by atoms with Crippen molar-refractivity contribution in [3.63, 3.8) is 0 Å². The molecule has 0 spiro atoms. The average molecular weight is 356 g/mol. The summed E-state index contributed by atoms with van der Waals surface area (Å²) in [7, 11) is 0. The molecule has 5 nitrogen and oxygen atoms in total. The predicted octanol–water partition coefficient (Wildman–Crippen LogP) is 3.50. The van der Waals surface area contributed by atoms with Crippen LogP contribution >= 0.6 is 0 Å². The van der Waals surface area contributed by atoms with Gasteiger partial charge in [0.15, 0.2) is 11.5 Å². The third-order valence-corrected chi connectivity index (χ3v) is 4.31. The number of rotatable bonds is 4. The number of fused-ring (bicyclic) bond motifs is 1. The van der Waals surface area contributed by atoms with E-state index in [1.54, 1.807) is 4.90 Å². The molecule has 1 aromatic heterocycles. The van der Waals surface area contributed by atoms with Gasteiger partial charge >= 0.3 is 6.18 Å². The summed E-state index contributed by atoms with van der Waals surface area (Å²) in [5.74, 6) is 0.331. The van der Waals surface area contributed by atoms with Crippen molar-refractivity contribution in [2.24, 2.45) is 0 Å². The molecule has 1 fully saturated rings. The van der Waals surface area contributed by atoms with Crippen molar-refractivity contribution >= 4 is 17.0 Å². The fourth-order valence-corrected chi connectivity index (χ4v) is 2.96. The Hall–Kier alpha value is -2.09. The number of aromatic nitrogens is 1. The number of hydrogen-bond donors (Lipinski definition) is 0. The molecule has 136 valence electrons. The van der Waals surface area contributed by atoms with Crippen LogP contribution in [0.4, 0.5) is 13.2 Å². The topological polar surface area (TPSA) is 55.6 Å². The van der Waals surface area contributed by atoms with E-state index in [1.807, 2.05) is 24.3 Å². The summed E-state index contributed by atoms with van der Waals surface area (Å²) in [5, 5.41) is 0. The Morgan fingerprint density at radius 2 is 2.04 bits per heavy atom. The van der Waals surface area contributed by atoms with Crippen LogP contribution in [-0.2, 0) is 9.53 Å². The van der Waals surface area contributed by atoms with Crippen molar-refractivity contribution in [2.75, 3.05) is 19.7 Å². The van der Waals surface area contributed by atoms with E-state index in [2.05, 4.69) is 9.72 Å². The Balaban J connectivity index is 1.55. The van der Waals surface area contributed by atoms with Gasteiger partial charge in [-0.3, -0.25) is 4.79 Å². The molecule has 8 heteroatoms. The van der Waals surface area contributed by atoms with E-state index in [4.69, 9.17) is 4.42 Å². The van der Waals surface area contributed by atoms with Crippen LogP contribution < -0.4 is 0 Å². The number of halogens is 3. The van der Waals surface area contributed by atoms with Gasteiger partial charge in [-0.1, -0.05) is 12.1 Å². The quantitative estimate of drug-likeness (QED) is 0.841. The van der Waals surface area contributed by atoms with Gasteiger partial charge in [0.2, 0.25) is 0 Å². The van der Waals surface area contributed by atoms with E-state index in [1.165, 1.54) is 6.92 Å². The Morgan fingerprint density at radius 3 is 2.68 bits per heavy atom. The summed E-state index contributed by atoms with van der Waals surface area (Å²) >= 11 is 0. The van der Waals surface area contributed by atoms with Crippen LogP contribution in [0.1, 0.15) is 31.6 Å². The van der Waals surface area contributed by atoms with Gasteiger partial charge in [-0.2, -0.15) is 13.2 Å². The Bertz CT molecular complexity index is 703. The standard InChI is InChI=1S/C17H19F3N2O3/c1-11(24-10-17(18,19)20)16(23)22-8-6-12(7-9-22)15-21-13-4-2-3-5-14(13)25-15/h2-5,11-12H,6-10H2,1H3/t11-/m1/s1.